The Kier molecular flexibility index (Phi) is 3.54. The van der Waals surface area contributed by atoms with E-state index in [1.54, 1.807) is 11.3 Å². The third-order valence-electron chi connectivity index (χ3n) is 2.77. The fourth-order valence-electron chi connectivity index (χ4n) is 1.82. The number of nitrogens with one attached hydrogen (secondary N) is 2. The van der Waals surface area contributed by atoms with Crippen LogP contribution in [0.4, 0.5) is 0 Å². The van der Waals surface area contributed by atoms with Crippen LogP contribution < -0.4 is 10.6 Å². The first-order valence-electron chi connectivity index (χ1n) is 5.58. The van der Waals surface area contributed by atoms with Gasteiger partial charge in [0.25, 0.3) is 0 Å². The predicted octanol–water partition coefficient (Wildman–Crippen LogP) is 0.907. The molecule has 1 saturated heterocycles. The largest absolute Gasteiger partial charge is 0.298 e. The summed E-state index contributed by atoms with van der Waals surface area (Å²) in [6.07, 6.45) is 0.949. The van der Waals surface area contributed by atoms with E-state index >= 15 is 0 Å². The van der Waals surface area contributed by atoms with Gasteiger partial charge in [-0.3, -0.25) is 20.2 Å². The van der Waals surface area contributed by atoms with Gasteiger partial charge in [0.2, 0.25) is 11.8 Å². The smallest absolute Gasteiger partial charge is 0.243 e. The Morgan fingerprint density at radius 2 is 2.35 bits per heavy atom. The molecule has 0 saturated carbocycles. The van der Waals surface area contributed by atoms with Gasteiger partial charge in [-0.1, -0.05) is 0 Å². The molecular formula is C11H15N3O2S. The third kappa shape index (κ3) is 2.89. The molecule has 17 heavy (non-hydrogen) atoms. The molecule has 6 heteroatoms. The number of hydrogen-bond donors (Lipinski definition) is 2. The molecule has 1 fully saturated rings. The maximum atomic E-state index is 11.6. The number of thiazole rings is 1. The summed E-state index contributed by atoms with van der Waals surface area (Å²) in [4.78, 5) is 26.9. The first-order valence-corrected chi connectivity index (χ1v) is 6.46. The van der Waals surface area contributed by atoms with Gasteiger partial charge < -0.3 is 0 Å². The molecule has 0 bridgehead atoms. The number of hydrogen-bond acceptors (Lipinski definition) is 5. The minimum Gasteiger partial charge on any atom is -0.298 e. The number of rotatable bonds is 3. The zero-order valence-electron chi connectivity index (χ0n) is 9.82. The van der Waals surface area contributed by atoms with Crippen LogP contribution in [0.15, 0.2) is 5.38 Å². The highest BCUT2D eigenvalue weighted by Gasteiger charge is 2.27. The minimum absolute atomic E-state index is 0.0175. The lowest BCUT2D eigenvalue weighted by Crippen LogP contribution is -2.51. The van der Waals surface area contributed by atoms with E-state index < -0.39 is 0 Å². The standard InChI is InChI=1S/C11H15N3O2S/c1-6(9-5-17-7(2)13-9)12-8-3-4-10(15)14-11(8)16/h5-6,8,12H,3-4H2,1-2H3,(H,14,15,16). The van der Waals surface area contributed by atoms with Gasteiger partial charge in [-0.15, -0.1) is 11.3 Å². The molecule has 2 N–H and O–H groups in total. The number of nitrogens with zero attached hydrogens (tertiary/aromatic N) is 1. The minimum atomic E-state index is -0.301. The second-order valence-electron chi connectivity index (χ2n) is 4.18. The predicted molar refractivity (Wildman–Crippen MR) is 64.6 cm³/mol. The Labute approximate surface area is 104 Å². The molecule has 1 aliphatic heterocycles. The van der Waals surface area contributed by atoms with E-state index in [1.165, 1.54) is 0 Å². The average molecular weight is 253 g/mol. The summed E-state index contributed by atoms with van der Waals surface area (Å²) in [7, 11) is 0. The van der Waals surface area contributed by atoms with E-state index in [9.17, 15) is 9.59 Å². The van der Waals surface area contributed by atoms with E-state index in [-0.39, 0.29) is 23.9 Å². The van der Waals surface area contributed by atoms with Crippen LogP contribution in [-0.4, -0.2) is 22.8 Å². The molecule has 2 atom stereocenters. The molecule has 0 aromatic carbocycles. The van der Waals surface area contributed by atoms with Crippen molar-refractivity contribution in [2.24, 2.45) is 0 Å². The van der Waals surface area contributed by atoms with Crippen molar-refractivity contribution in [2.45, 2.75) is 38.8 Å². The quantitative estimate of drug-likeness (QED) is 0.785. The summed E-state index contributed by atoms with van der Waals surface area (Å²) < 4.78 is 0. The molecule has 1 aromatic rings. The second-order valence-corrected chi connectivity index (χ2v) is 5.25. The lowest BCUT2D eigenvalue weighted by Gasteiger charge is -2.24. The lowest BCUT2D eigenvalue weighted by atomic mass is 10.0. The number of amides is 2. The summed E-state index contributed by atoms with van der Waals surface area (Å²) in [5.74, 6) is -0.426. The van der Waals surface area contributed by atoms with E-state index in [2.05, 4.69) is 15.6 Å². The van der Waals surface area contributed by atoms with Gasteiger partial charge in [-0.2, -0.15) is 0 Å². The van der Waals surface area contributed by atoms with Crippen molar-refractivity contribution in [2.75, 3.05) is 0 Å². The van der Waals surface area contributed by atoms with Crippen LogP contribution in [0.25, 0.3) is 0 Å². The van der Waals surface area contributed by atoms with Crippen LogP contribution >= 0.6 is 11.3 Å². The van der Waals surface area contributed by atoms with Crippen LogP contribution in [0, 0.1) is 6.92 Å². The molecule has 5 nitrogen and oxygen atoms in total. The van der Waals surface area contributed by atoms with Gasteiger partial charge in [0.15, 0.2) is 0 Å². The van der Waals surface area contributed by atoms with Crippen molar-refractivity contribution in [3.05, 3.63) is 16.1 Å². The Morgan fingerprint density at radius 3 is 2.94 bits per heavy atom. The van der Waals surface area contributed by atoms with Gasteiger partial charge in [-0.05, 0) is 20.3 Å². The zero-order valence-corrected chi connectivity index (χ0v) is 10.6. The summed E-state index contributed by atoms with van der Waals surface area (Å²) in [6, 6.07) is -0.284. The molecule has 2 unspecified atom stereocenters. The number of carbonyl (C=O) groups is 2. The van der Waals surface area contributed by atoms with Crippen LogP contribution in [0.2, 0.25) is 0 Å². The molecule has 92 valence electrons. The Morgan fingerprint density at radius 1 is 1.59 bits per heavy atom. The topological polar surface area (TPSA) is 71.1 Å². The maximum Gasteiger partial charge on any atom is 0.243 e. The van der Waals surface area contributed by atoms with Crippen LogP contribution in [-0.2, 0) is 9.59 Å². The molecule has 2 rings (SSSR count). The average Bonchev–Trinajstić information content (AvgIpc) is 2.69. The van der Waals surface area contributed by atoms with Crippen molar-refractivity contribution >= 4 is 23.2 Å². The molecule has 0 aliphatic carbocycles. The van der Waals surface area contributed by atoms with Crippen LogP contribution in [0.5, 0.6) is 0 Å². The second kappa shape index (κ2) is 4.93. The number of carbonyl (C=O) groups excluding carboxylic acids is 2. The van der Waals surface area contributed by atoms with E-state index in [0.717, 1.165) is 10.7 Å². The van der Waals surface area contributed by atoms with Crippen molar-refractivity contribution in [1.82, 2.24) is 15.6 Å². The van der Waals surface area contributed by atoms with Crippen LogP contribution in [0.3, 0.4) is 0 Å². The first-order chi connectivity index (χ1) is 8.06. The summed E-state index contributed by atoms with van der Waals surface area (Å²) >= 11 is 1.59. The number of imide groups is 1. The highest BCUT2D eigenvalue weighted by Crippen LogP contribution is 2.17. The van der Waals surface area contributed by atoms with Gasteiger partial charge in [0.1, 0.15) is 0 Å². The summed E-state index contributed by atoms with van der Waals surface area (Å²) in [5.41, 5.74) is 0.942. The molecule has 1 aliphatic rings. The summed E-state index contributed by atoms with van der Waals surface area (Å²) in [5, 5.41) is 8.53. The maximum absolute atomic E-state index is 11.6. The van der Waals surface area contributed by atoms with Gasteiger partial charge in [0, 0.05) is 17.8 Å². The van der Waals surface area contributed by atoms with Crippen molar-refractivity contribution in [1.29, 1.82) is 0 Å². The van der Waals surface area contributed by atoms with Crippen molar-refractivity contribution in [3.63, 3.8) is 0 Å². The van der Waals surface area contributed by atoms with Gasteiger partial charge in [-0.25, -0.2) is 4.98 Å². The fraction of sp³-hybridized carbons (Fsp3) is 0.545. The lowest BCUT2D eigenvalue weighted by molar-refractivity contribution is -0.134. The Balaban J connectivity index is 1.97. The number of aromatic nitrogens is 1. The Hall–Kier alpha value is -1.27. The SMILES string of the molecule is Cc1nc(C(C)NC2CCC(=O)NC2=O)cs1. The molecule has 1 aromatic heterocycles. The normalized spacial score (nSPS) is 22.4. The molecule has 0 spiro atoms. The third-order valence-corrected chi connectivity index (χ3v) is 3.56. The van der Waals surface area contributed by atoms with E-state index in [0.29, 0.717) is 12.8 Å². The number of aryl methyl sites for hydroxylation is 1. The Bertz CT molecular complexity index is 444. The fourth-order valence-corrected chi connectivity index (χ4v) is 2.53. The molecule has 0 radical (unpaired) electrons. The van der Waals surface area contributed by atoms with Crippen molar-refractivity contribution < 1.29 is 9.59 Å². The van der Waals surface area contributed by atoms with Crippen molar-refractivity contribution in [3.8, 4) is 0 Å². The van der Waals surface area contributed by atoms with Crippen LogP contribution in [0.1, 0.15) is 36.5 Å². The molecule has 2 heterocycles. The van der Waals surface area contributed by atoms with E-state index in [4.69, 9.17) is 0 Å². The molecular weight excluding hydrogens is 238 g/mol. The first kappa shape index (κ1) is 12.2. The highest BCUT2D eigenvalue weighted by atomic mass is 32.1. The number of piperidine rings is 1. The monoisotopic (exact) mass is 253 g/mol. The summed E-state index contributed by atoms with van der Waals surface area (Å²) in [6.45, 7) is 3.92. The van der Waals surface area contributed by atoms with E-state index in [1.807, 2.05) is 19.2 Å². The van der Waals surface area contributed by atoms with Gasteiger partial charge in [0.05, 0.1) is 16.7 Å². The van der Waals surface area contributed by atoms with Gasteiger partial charge >= 0.3 is 0 Å². The highest BCUT2D eigenvalue weighted by molar-refractivity contribution is 7.09. The zero-order chi connectivity index (χ0) is 12.4. The molecule has 2 amide bonds.